The molecule has 21 rings (SSSR count). The van der Waals surface area contributed by atoms with Crippen LogP contribution in [0.15, 0.2) is 257 Å². The number of para-hydroxylation sites is 2. The highest BCUT2D eigenvalue weighted by atomic mass is 15.1. The van der Waals surface area contributed by atoms with Gasteiger partial charge in [-0.1, -0.05) is 256 Å². The summed E-state index contributed by atoms with van der Waals surface area (Å²) < 4.78 is 9.09. The minimum Gasteiger partial charge on any atom is -0.383 e. The highest BCUT2D eigenvalue weighted by Gasteiger charge is 2.30. The number of H-pyrrole nitrogens is 2. The zero-order valence-corrected chi connectivity index (χ0v) is 74.7. The molecule has 11 aromatic heterocycles. The summed E-state index contributed by atoms with van der Waals surface area (Å²) in [4.78, 5) is 45.3. The molecule has 11 heterocycles. The highest BCUT2D eigenvalue weighted by molar-refractivity contribution is 6.01. The van der Waals surface area contributed by atoms with Gasteiger partial charge in [0.25, 0.3) is 0 Å². The summed E-state index contributed by atoms with van der Waals surface area (Å²) in [5.41, 5.74) is 47.3. The number of nitrogens with one attached hydrogen (secondary N) is 2. The van der Waals surface area contributed by atoms with Crippen LogP contribution in [-0.4, -0.2) is 83.3 Å². The second-order valence-electron chi connectivity index (χ2n) is 26.8. The van der Waals surface area contributed by atoms with Crippen LogP contribution in [0.25, 0.3) is 66.3 Å². The molecule has 6 aromatic carbocycles. The van der Waals surface area contributed by atoms with Crippen LogP contribution in [0.5, 0.6) is 0 Å². The highest BCUT2D eigenvalue weighted by Crippen LogP contribution is 2.41. The molecule has 0 atom stereocenters. The van der Waals surface area contributed by atoms with Gasteiger partial charge >= 0.3 is 0 Å². The number of hydrogen-bond acceptors (Lipinski definition) is 15. The van der Waals surface area contributed by atoms with Crippen molar-refractivity contribution in [1.82, 2.24) is 83.3 Å². The molecular weight excluding hydrogens is 1500 g/mol. The molecule has 10 N–H and O–H groups in total. The van der Waals surface area contributed by atoms with E-state index in [0.717, 1.165) is 134 Å². The third-order valence-corrected chi connectivity index (χ3v) is 20.2. The molecule has 0 amide bonds. The molecule has 121 heavy (non-hydrogen) atoms. The van der Waals surface area contributed by atoms with E-state index in [1.807, 2.05) is 178 Å². The lowest BCUT2D eigenvalue weighted by Crippen LogP contribution is -2.08. The standard InChI is InChI=1S/C21H18N4.3C16H16N4.C7H6N2.C5H5N.C3H4N2.8C2H6/c22-20-19-18(14-6-2-1-3-7-14)12-25(21(19)24-13-23-20)17-10-15-8-4-5-9-16(15)11-17;3*1-10-8-20(16-14(10)15(17)18-9-19-16)13-6-11-4-2-3-5-12(11)7-13;1-2-4-7-6(3-1)8-5-9-7;1-2-4-6-5-3-1;1-2-4-5-3-1;8*1-2/h1-9,12-13,17H,10-11H2,(H2,22,23,24);3*2-5,8-9,13H,6-7H2,1H3,(H2,17,18,19);1-5H,(H,8,9);1-5H;1-3H,(H,4,5);8*1-2H3. The predicted molar refractivity (Wildman–Crippen MR) is 509 cm³/mol. The summed E-state index contributed by atoms with van der Waals surface area (Å²) in [6.07, 6.45) is 31.9. The zero-order chi connectivity index (χ0) is 87.8. The molecule has 21 heteroatoms. The van der Waals surface area contributed by atoms with Crippen LogP contribution in [0.4, 0.5) is 23.3 Å². The van der Waals surface area contributed by atoms with Crippen molar-refractivity contribution in [2.24, 2.45) is 0 Å². The van der Waals surface area contributed by atoms with Crippen molar-refractivity contribution in [1.29, 1.82) is 0 Å². The number of aromatic amines is 2. The molecule has 634 valence electrons. The fourth-order valence-electron chi connectivity index (χ4n) is 15.3. The molecule has 0 saturated carbocycles. The molecule has 0 unspecified atom stereocenters. The Labute approximate surface area is 717 Å². The Bertz CT molecular complexity index is 5300. The largest absolute Gasteiger partial charge is 0.383 e. The maximum absolute atomic E-state index is 6.23. The van der Waals surface area contributed by atoms with Crippen molar-refractivity contribution in [3.8, 4) is 11.1 Å². The van der Waals surface area contributed by atoms with Gasteiger partial charge < -0.3 is 46.2 Å². The van der Waals surface area contributed by atoms with Crippen LogP contribution in [0.1, 0.15) is 196 Å². The van der Waals surface area contributed by atoms with E-state index in [1.54, 1.807) is 56.4 Å². The first-order chi connectivity index (χ1) is 59.5. The van der Waals surface area contributed by atoms with Gasteiger partial charge in [0.05, 0.1) is 38.9 Å². The van der Waals surface area contributed by atoms with Crippen molar-refractivity contribution >= 4 is 78.4 Å². The van der Waals surface area contributed by atoms with Crippen molar-refractivity contribution in [2.45, 2.75) is 207 Å². The van der Waals surface area contributed by atoms with E-state index in [4.69, 9.17) is 22.9 Å². The Balaban J connectivity index is 0.000000196. The van der Waals surface area contributed by atoms with E-state index in [1.165, 1.54) is 44.5 Å². The SMILES string of the molecule is CC.CC.CC.CC.CC.CC.CC.CC.Cc1cn(C2Cc3ccccc3C2)c2ncnc(N)c12.Cc1cn(C2Cc3ccccc3C2)c2ncnc(N)c12.Cc1cn(C2Cc3ccccc3C2)c2ncnc(N)c12.Nc1ncnc2c1c(-c1ccccc1)cn2C1Cc2ccccc2C1.c1ccc2[nH]cnc2c1.c1ccncc1.c1cn[nH]c1. The Morgan fingerprint density at radius 2 is 0.587 bits per heavy atom. The maximum Gasteiger partial charge on any atom is 0.146 e. The van der Waals surface area contributed by atoms with E-state index >= 15 is 0 Å². The zero-order valence-electron chi connectivity index (χ0n) is 74.7. The number of benzene rings is 6. The van der Waals surface area contributed by atoms with Crippen LogP contribution in [-0.2, 0) is 51.4 Å². The number of imidazole rings is 1. The average Bonchev–Trinajstić information content (AvgIpc) is 1.61. The number of nitrogens with zero attached hydrogens (tertiary/aromatic N) is 15. The second-order valence-corrected chi connectivity index (χ2v) is 26.8. The molecule has 0 spiro atoms. The number of fused-ring (bicyclic) bond motifs is 9. The van der Waals surface area contributed by atoms with Gasteiger partial charge in [-0.3, -0.25) is 10.1 Å². The summed E-state index contributed by atoms with van der Waals surface area (Å²) in [5.74, 6) is 2.25. The van der Waals surface area contributed by atoms with Gasteiger partial charge in [-0.15, -0.1) is 0 Å². The van der Waals surface area contributed by atoms with Crippen molar-refractivity contribution in [2.75, 3.05) is 22.9 Å². The summed E-state index contributed by atoms with van der Waals surface area (Å²) in [6.45, 7) is 38.2. The lowest BCUT2D eigenvalue weighted by molar-refractivity contribution is 0.542. The lowest BCUT2D eigenvalue weighted by atomic mass is 10.1. The number of rotatable bonds is 5. The second kappa shape index (κ2) is 49.9. The quantitative estimate of drug-likeness (QED) is 0.0933. The smallest absolute Gasteiger partial charge is 0.146 e. The molecule has 0 saturated heterocycles. The third kappa shape index (κ3) is 23.6. The first kappa shape index (κ1) is 95.0. The number of nitrogens with two attached hydrogens (primary N) is 4. The predicted octanol–water partition coefficient (Wildman–Crippen LogP) is 23.3. The van der Waals surface area contributed by atoms with Gasteiger partial charge in [0.2, 0.25) is 0 Å². The van der Waals surface area contributed by atoms with Crippen molar-refractivity contribution in [3.63, 3.8) is 0 Å². The topological polar surface area (TPSA) is 297 Å². The summed E-state index contributed by atoms with van der Waals surface area (Å²) >= 11 is 0. The summed E-state index contributed by atoms with van der Waals surface area (Å²) in [7, 11) is 0. The summed E-state index contributed by atoms with van der Waals surface area (Å²) in [5, 5.41) is 10.1. The van der Waals surface area contributed by atoms with Gasteiger partial charge in [0.15, 0.2) is 0 Å². The molecular formula is C100H129N21. The molecule has 17 aromatic rings. The summed E-state index contributed by atoms with van der Waals surface area (Å²) in [6, 6.07) is 62.1. The van der Waals surface area contributed by atoms with Gasteiger partial charge in [-0.25, -0.2) is 44.9 Å². The van der Waals surface area contributed by atoms with Gasteiger partial charge in [-0.2, -0.15) is 5.10 Å². The minimum atomic E-state index is 0.367. The van der Waals surface area contributed by atoms with Crippen LogP contribution in [0.3, 0.4) is 0 Å². The Morgan fingerprint density at radius 3 is 0.868 bits per heavy atom. The minimum absolute atomic E-state index is 0.367. The Kier molecular flexibility index (Phi) is 39.2. The molecule has 4 aliphatic carbocycles. The molecule has 4 aliphatic rings. The Hall–Kier alpha value is -13.2. The van der Waals surface area contributed by atoms with Crippen LogP contribution >= 0.6 is 0 Å². The van der Waals surface area contributed by atoms with E-state index in [-0.39, 0.29) is 0 Å². The van der Waals surface area contributed by atoms with Crippen molar-refractivity contribution in [3.05, 3.63) is 318 Å². The number of nitrogen functional groups attached to an aromatic ring is 4. The maximum atomic E-state index is 6.23. The molecule has 21 nitrogen and oxygen atoms in total. The number of aryl methyl sites for hydroxylation is 3. The van der Waals surface area contributed by atoms with Crippen LogP contribution in [0.2, 0.25) is 0 Å². The Morgan fingerprint density at radius 1 is 0.298 bits per heavy atom. The molecule has 0 radical (unpaired) electrons. The monoisotopic (exact) mass is 1620 g/mol. The average molecular weight is 1630 g/mol. The van der Waals surface area contributed by atoms with E-state index in [9.17, 15) is 0 Å². The van der Waals surface area contributed by atoms with Gasteiger partial charge in [0, 0.05) is 79.3 Å². The normalized spacial score (nSPS) is 12.2. The first-order valence-corrected chi connectivity index (χ1v) is 43.3. The third-order valence-electron chi connectivity index (χ3n) is 20.2. The molecule has 0 aliphatic heterocycles. The van der Waals surface area contributed by atoms with Gasteiger partial charge in [-0.05, 0) is 169 Å². The van der Waals surface area contributed by atoms with E-state index < -0.39 is 0 Å². The van der Waals surface area contributed by atoms with Crippen LogP contribution in [0, 0.1) is 20.8 Å². The fraction of sp³-hybridized carbons (Fsp3) is 0.310. The van der Waals surface area contributed by atoms with E-state index in [2.05, 4.69) is 238 Å². The molecule has 0 bridgehead atoms. The number of hydrogen-bond donors (Lipinski definition) is 6. The van der Waals surface area contributed by atoms with Crippen molar-refractivity contribution < 1.29 is 0 Å². The van der Waals surface area contributed by atoms with Crippen LogP contribution < -0.4 is 22.9 Å². The van der Waals surface area contributed by atoms with E-state index in [0.29, 0.717) is 47.4 Å². The lowest BCUT2D eigenvalue weighted by Gasteiger charge is -2.12. The fourth-order valence-corrected chi connectivity index (χ4v) is 15.3. The molecule has 0 fully saturated rings. The first-order valence-electron chi connectivity index (χ1n) is 43.3. The van der Waals surface area contributed by atoms with Gasteiger partial charge in [0.1, 0.15) is 71.2 Å². The number of pyridine rings is 1. The number of anilines is 4. The number of aromatic nitrogens is 17.